The third-order valence-electron chi connectivity index (χ3n) is 3.34. The van der Waals surface area contributed by atoms with Crippen LogP contribution in [0.2, 0.25) is 0 Å². The van der Waals surface area contributed by atoms with Crippen LogP contribution >= 0.6 is 0 Å². The lowest BCUT2D eigenvalue weighted by Crippen LogP contribution is -2.37. The minimum Gasteiger partial charge on any atom is -0.390 e. The summed E-state index contributed by atoms with van der Waals surface area (Å²) in [6, 6.07) is 0. The molecule has 0 spiro atoms. The van der Waals surface area contributed by atoms with Gasteiger partial charge in [0.1, 0.15) is 5.60 Å². The predicted octanol–water partition coefficient (Wildman–Crippen LogP) is 3.97. The van der Waals surface area contributed by atoms with Gasteiger partial charge in [-0.25, -0.2) is 0 Å². The van der Waals surface area contributed by atoms with Gasteiger partial charge in [0.2, 0.25) is 0 Å². The van der Waals surface area contributed by atoms with Crippen LogP contribution in [0.4, 0.5) is 0 Å². The molecule has 120 valence electrons. The zero-order valence-electron chi connectivity index (χ0n) is 14.7. The van der Waals surface area contributed by atoms with Gasteiger partial charge in [0.15, 0.2) is 5.78 Å². The molecule has 0 aliphatic rings. The van der Waals surface area contributed by atoms with Crippen molar-refractivity contribution < 1.29 is 14.6 Å². The summed E-state index contributed by atoms with van der Waals surface area (Å²) in [6.45, 7) is 16.2. The normalized spacial score (nSPS) is 15.2. The number of carbonyl (C=O) groups is 1. The molecule has 0 aliphatic carbocycles. The molecule has 0 amide bonds. The molecule has 0 saturated heterocycles. The van der Waals surface area contributed by atoms with Gasteiger partial charge < -0.3 is 9.84 Å². The molecule has 0 bridgehead atoms. The first kappa shape index (κ1) is 19.6. The molecular weight excluding hydrogens is 252 g/mol. The van der Waals surface area contributed by atoms with Gasteiger partial charge in [0.25, 0.3) is 0 Å². The number of ketones is 1. The van der Waals surface area contributed by atoms with Gasteiger partial charge in [-0.1, -0.05) is 27.7 Å². The van der Waals surface area contributed by atoms with Crippen molar-refractivity contribution in [2.75, 3.05) is 6.61 Å². The Bertz CT molecular complexity index is 305. The quantitative estimate of drug-likeness (QED) is 0.734. The summed E-state index contributed by atoms with van der Waals surface area (Å²) >= 11 is 0. The first-order valence-electron chi connectivity index (χ1n) is 7.63. The van der Waals surface area contributed by atoms with Crippen molar-refractivity contribution in [1.29, 1.82) is 0 Å². The second-order valence-corrected chi connectivity index (χ2v) is 8.42. The van der Waals surface area contributed by atoms with Crippen LogP contribution in [0.1, 0.15) is 74.7 Å². The van der Waals surface area contributed by atoms with E-state index >= 15 is 0 Å². The molecule has 0 aromatic carbocycles. The largest absolute Gasteiger partial charge is 0.390 e. The van der Waals surface area contributed by atoms with Gasteiger partial charge in [-0.2, -0.15) is 0 Å². The molecule has 0 aromatic heterocycles. The van der Waals surface area contributed by atoms with E-state index in [1.165, 1.54) is 0 Å². The summed E-state index contributed by atoms with van der Waals surface area (Å²) in [5.74, 6) is 0.504. The third-order valence-corrected chi connectivity index (χ3v) is 3.34. The van der Waals surface area contributed by atoms with Crippen molar-refractivity contribution in [2.45, 2.75) is 85.9 Å². The summed E-state index contributed by atoms with van der Waals surface area (Å²) in [4.78, 5) is 12.3. The topological polar surface area (TPSA) is 46.5 Å². The Kier molecular flexibility index (Phi) is 6.89. The van der Waals surface area contributed by atoms with Crippen molar-refractivity contribution in [1.82, 2.24) is 0 Å². The van der Waals surface area contributed by atoms with Gasteiger partial charge in [-0.15, -0.1) is 0 Å². The number of hydrogen-bond donors (Lipinski definition) is 1. The lowest BCUT2D eigenvalue weighted by molar-refractivity contribution is -0.143. The maximum Gasteiger partial charge on any atom is 0.164 e. The molecule has 0 saturated carbocycles. The van der Waals surface area contributed by atoms with Crippen LogP contribution in [0.25, 0.3) is 0 Å². The van der Waals surface area contributed by atoms with Crippen LogP contribution in [-0.4, -0.2) is 28.7 Å². The van der Waals surface area contributed by atoms with E-state index in [9.17, 15) is 9.90 Å². The summed E-state index contributed by atoms with van der Waals surface area (Å²) in [5, 5.41) is 9.66. The van der Waals surface area contributed by atoms with Crippen molar-refractivity contribution in [3.8, 4) is 0 Å². The predicted molar refractivity (Wildman–Crippen MR) is 83.8 cm³/mol. The number of hydrogen-bond acceptors (Lipinski definition) is 3. The molecule has 3 nitrogen and oxygen atoms in total. The van der Waals surface area contributed by atoms with E-state index in [0.717, 1.165) is 6.42 Å². The number of carbonyl (C=O) groups excluding carboxylic acids is 1. The maximum absolute atomic E-state index is 12.3. The number of ether oxygens (including phenoxy) is 1. The summed E-state index contributed by atoms with van der Waals surface area (Å²) in [6.07, 6.45) is 2.10. The van der Waals surface area contributed by atoms with Crippen LogP contribution in [0.15, 0.2) is 0 Å². The van der Waals surface area contributed by atoms with Crippen molar-refractivity contribution in [2.24, 2.45) is 11.3 Å². The highest BCUT2D eigenvalue weighted by Crippen LogP contribution is 2.28. The maximum atomic E-state index is 12.3. The summed E-state index contributed by atoms with van der Waals surface area (Å²) in [5.41, 5.74) is -1.28. The van der Waals surface area contributed by atoms with E-state index in [1.54, 1.807) is 13.8 Å². The molecule has 0 rings (SSSR count). The fourth-order valence-electron chi connectivity index (χ4n) is 2.32. The zero-order valence-corrected chi connectivity index (χ0v) is 14.7. The second-order valence-electron chi connectivity index (χ2n) is 8.42. The standard InChI is InChI=1S/C17H34O3/c1-13(12-15(2,3)4)11-14(18)17(7,8)20-10-9-16(5,6)19/h13,19H,9-12H2,1-8H3. The van der Waals surface area contributed by atoms with E-state index in [2.05, 4.69) is 27.7 Å². The molecule has 0 aromatic rings. The van der Waals surface area contributed by atoms with E-state index in [0.29, 0.717) is 25.4 Å². The number of Topliss-reactive ketones (excluding diaryl/α,β-unsaturated/α-hetero) is 1. The number of rotatable bonds is 8. The second kappa shape index (κ2) is 7.04. The zero-order chi connectivity index (χ0) is 16.2. The molecule has 0 radical (unpaired) electrons. The molecule has 0 heterocycles. The van der Waals surface area contributed by atoms with Crippen LogP contribution in [-0.2, 0) is 9.53 Å². The summed E-state index contributed by atoms with van der Waals surface area (Å²) in [7, 11) is 0. The molecule has 0 fully saturated rings. The molecular formula is C17H34O3. The SMILES string of the molecule is CC(CC(=O)C(C)(C)OCCC(C)(C)O)CC(C)(C)C. The minimum atomic E-state index is -0.766. The van der Waals surface area contributed by atoms with Gasteiger partial charge in [0, 0.05) is 6.42 Å². The Balaban J connectivity index is 4.30. The molecule has 0 aliphatic heterocycles. The van der Waals surface area contributed by atoms with Crippen LogP contribution < -0.4 is 0 Å². The molecule has 1 unspecified atom stereocenters. The van der Waals surface area contributed by atoms with Crippen molar-refractivity contribution >= 4 is 5.78 Å². The Morgan fingerprint density at radius 1 is 1.10 bits per heavy atom. The van der Waals surface area contributed by atoms with Gasteiger partial charge in [-0.05, 0) is 51.9 Å². The lowest BCUT2D eigenvalue weighted by atomic mass is 9.82. The first-order chi connectivity index (χ1) is 8.73. The van der Waals surface area contributed by atoms with Crippen LogP contribution in [0.3, 0.4) is 0 Å². The first-order valence-corrected chi connectivity index (χ1v) is 7.63. The molecule has 3 heteroatoms. The van der Waals surface area contributed by atoms with Crippen LogP contribution in [0.5, 0.6) is 0 Å². The minimum absolute atomic E-state index is 0.144. The smallest absolute Gasteiger partial charge is 0.164 e. The van der Waals surface area contributed by atoms with E-state index in [1.807, 2.05) is 13.8 Å². The lowest BCUT2D eigenvalue weighted by Gasteiger charge is -2.29. The fraction of sp³-hybridized carbons (Fsp3) is 0.941. The summed E-state index contributed by atoms with van der Waals surface area (Å²) < 4.78 is 5.69. The fourth-order valence-corrected chi connectivity index (χ4v) is 2.32. The van der Waals surface area contributed by atoms with Crippen molar-refractivity contribution in [3.05, 3.63) is 0 Å². The average Bonchev–Trinajstić information content (AvgIpc) is 2.11. The van der Waals surface area contributed by atoms with Gasteiger partial charge >= 0.3 is 0 Å². The Morgan fingerprint density at radius 3 is 2.00 bits per heavy atom. The molecule has 1 atom stereocenters. The Labute approximate surface area is 125 Å². The van der Waals surface area contributed by atoms with Crippen molar-refractivity contribution in [3.63, 3.8) is 0 Å². The Morgan fingerprint density at radius 2 is 1.60 bits per heavy atom. The highest BCUT2D eigenvalue weighted by atomic mass is 16.5. The van der Waals surface area contributed by atoms with Crippen LogP contribution in [0, 0.1) is 11.3 Å². The Hall–Kier alpha value is -0.410. The molecule has 20 heavy (non-hydrogen) atoms. The van der Waals surface area contributed by atoms with E-state index < -0.39 is 11.2 Å². The van der Waals surface area contributed by atoms with E-state index in [4.69, 9.17) is 4.74 Å². The number of aliphatic hydroxyl groups is 1. The third kappa shape index (κ3) is 9.49. The van der Waals surface area contributed by atoms with E-state index in [-0.39, 0.29) is 11.2 Å². The average molecular weight is 286 g/mol. The highest BCUT2D eigenvalue weighted by molar-refractivity contribution is 5.86. The van der Waals surface area contributed by atoms with Gasteiger partial charge in [-0.3, -0.25) is 4.79 Å². The molecule has 1 N–H and O–H groups in total. The highest BCUT2D eigenvalue weighted by Gasteiger charge is 2.30. The monoisotopic (exact) mass is 286 g/mol. The van der Waals surface area contributed by atoms with Gasteiger partial charge in [0.05, 0.1) is 12.2 Å².